The van der Waals surface area contributed by atoms with Crippen LogP contribution in [0.15, 0.2) is 48.5 Å². The van der Waals surface area contributed by atoms with E-state index in [1.165, 1.54) is 12.1 Å². The van der Waals surface area contributed by atoms with E-state index in [0.717, 1.165) is 28.7 Å². The molecule has 0 bridgehead atoms. The number of carbonyl (C=O) groups excluding carboxylic acids is 4. The minimum Gasteiger partial charge on any atom is -0.492 e. The molecule has 19 heteroatoms. The number of nitriles is 1. The van der Waals surface area contributed by atoms with Crippen LogP contribution in [0.2, 0.25) is 0 Å². The summed E-state index contributed by atoms with van der Waals surface area (Å²) < 4.78 is 76.5. The van der Waals surface area contributed by atoms with Crippen LogP contribution in [0.3, 0.4) is 0 Å². The number of piperazine rings is 1. The van der Waals surface area contributed by atoms with Crippen LogP contribution in [0, 0.1) is 23.0 Å². The van der Waals surface area contributed by atoms with Gasteiger partial charge >= 0.3 is 6.18 Å². The molecular formula is C40H41F5N8O5S. The number of rotatable bonds is 12. The number of ether oxygens (including phenoxy) is 1. The number of aryl methyl sites for hydroxylation is 1. The molecule has 1 atom stereocenters. The predicted molar refractivity (Wildman–Crippen MR) is 212 cm³/mol. The maximum atomic E-state index is 14.6. The molecule has 0 saturated carbocycles. The minimum atomic E-state index is -4.82. The molecule has 3 heterocycles. The second-order valence-electron chi connectivity index (χ2n) is 14.8. The Morgan fingerprint density at radius 3 is 2.37 bits per heavy atom. The van der Waals surface area contributed by atoms with Crippen molar-refractivity contribution in [2.24, 2.45) is 0 Å². The summed E-state index contributed by atoms with van der Waals surface area (Å²) in [6.45, 7) is 8.30. The number of piperidine rings is 1. The van der Waals surface area contributed by atoms with Gasteiger partial charge in [0.05, 0.1) is 35.1 Å². The van der Waals surface area contributed by atoms with Crippen molar-refractivity contribution in [3.05, 3.63) is 76.9 Å². The molecule has 312 valence electrons. The number of anilines is 4. The van der Waals surface area contributed by atoms with E-state index >= 15 is 0 Å². The largest absolute Gasteiger partial charge is 0.492 e. The average Bonchev–Trinajstić information content (AvgIpc) is 3.36. The van der Waals surface area contributed by atoms with Gasteiger partial charge in [-0.15, -0.1) is 0 Å². The Bertz CT molecular complexity index is 2220. The molecule has 3 saturated heterocycles. The monoisotopic (exact) mass is 840 g/mol. The molecule has 3 aliphatic heterocycles. The van der Waals surface area contributed by atoms with Crippen molar-refractivity contribution in [3.8, 4) is 11.8 Å². The lowest BCUT2D eigenvalue weighted by molar-refractivity contribution is -0.138. The number of carbonyl (C=O) groups is 4. The van der Waals surface area contributed by atoms with Gasteiger partial charge in [0.1, 0.15) is 23.9 Å². The smallest absolute Gasteiger partial charge is 0.417 e. The summed E-state index contributed by atoms with van der Waals surface area (Å²) in [7, 11) is 0. The fourth-order valence-electron chi connectivity index (χ4n) is 7.23. The SMILES string of the molecule is CCc1cc(N2C(=S)N(c3ccc(C#N)c(C(F)(F)F)c3)C(=O)C2(C)C)ccc1OCCN1CCN(CC(=O)Nc2cc(NC3CCC(=O)NC3=O)cc(F)c2F)CC1. The van der Waals surface area contributed by atoms with E-state index < -0.39 is 64.1 Å². The first-order chi connectivity index (χ1) is 27.9. The molecule has 0 aromatic heterocycles. The van der Waals surface area contributed by atoms with Gasteiger partial charge in [-0.05, 0) is 86.9 Å². The molecule has 3 aliphatic rings. The number of alkyl halides is 3. The van der Waals surface area contributed by atoms with Crippen LogP contribution in [0.1, 0.15) is 50.3 Å². The number of halogens is 5. The topological polar surface area (TPSA) is 150 Å². The van der Waals surface area contributed by atoms with Crippen LogP contribution in [-0.2, 0) is 31.8 Å². The molecule has 13 nitrogen and oxygen atoms in total. The number of thiocarbonyl (C=S) groups is 1. The summed E-state index contributed by atoms with van der Waals surface area (Å²) in [5.74, 6) is -3.92. The van der Waals surface area contributed by atoms with Crippen LogP contribution >= 0.6 is 12.2 Å². The maximum Gasteiger partial charge on any atom is 0.417 e. The number of hydrogen-bond donors (Lipinski definition) is 3. The van der Waals surface area contributed by atoms with E-state index in [4.69, 9.17) is 17.0 Å². The molecule has 59 heavy (non-hydrogen) atoms. The Morgan fingerprint density at radius 2 is 1.71 bits per heavy atom. The van der Waals surface area contributed by atoms with Crippen molar-refractivity contribution in [1.29, 1.82) is 5.26 Å². The Hall–Kier alpha value is -5.71. The minimum absolute atomic E-state index is 0.0141. The number of amides is 4. The van der Waals surface area contributed by atoms with Crippen molar-refractivity contribution >= 4 is 63.7 Å². The highest BCUT2D eigenvalue weighted by atomic mass is 32.1. The van der Waals surface area contributed by atoms with Crippen molar-refractivity contribution < 1.29 is 45.9 Å². The second-order valence-corrected chi connectivity index (χ2v) is 15.1. The summed E-state index contributed by atoms with van der Waals surface area (Å²) in [6, 6.07) is 11.2. The maximum absolute atomic E-state index is 14.6. The molecule has 0 aliphatic carbocycles. The molecular weight excluding hydrogens is 800 g/mol. The van der Waals surface area contributed by atoms with Crippen molar-refractivity contribution in [3.63, 3.8) is 0 Å². The van der Waals surface area contributed by atoms with Crippen molar-refractivity contribution in [1.82, 2.24) is 15.1 Å². The van der Waals surface area contributed by atoms with E-state index in [1.807, 2.05) is 17.9 Å². The van der Waals surface area contributed by atoms with Gasteiger partial charge in [-0.3, -0.25) is 39.2 Å². The van der Waals surface area contributed by atoms with Gasteiger partial charge in [0.15, 0.2) is 16.7 Å². The average molecular weight is 841 g/mol. The highest BCUT2D eigenvalue weighted by Crippen LogP contribution is 2.40. The van der Waals surface area contributed by atoms with Crippen LogP contribution in [0.4, 0.5) is 44.7 Å². The highest BCUT2D eigenvalue weighted by molar-refractivity contribution is 7.81. The highest BCUT2D eigenvalue weighted by Gasteiger charge is 2.51. The third-order valence-corrected chi connectivity index (χ3v) is 10.8. The lowest BCUT2D eigenvalue weighted by Gasteiger charge is -2.34. The normalized spacial score (nSPS) is 18.8. The van der Waals surface area contributed by atoms with Crippen molar-refractivity contribution in [2.75, 3.05) is 66.3 Å². The summed E-state index contributed by atoms with van der Waals surface area (Å²) in [5, 5.41) is 16.6. The Labute approximate surface area is 342 Å². The molecule has 3 aromatic rings. The van der Waals surface area contributed by atoms with E-state index in [9.17, 15) is 46.4 Å². The standard InChI is InChI=1S/C40H41F5N8O5S/c1-4-23-17-27(53-38(59)52(37(57)39(53,2)3)26-6-5-24(21-46)28(20-26)40(43,44)45)7-9-32(23)58-16-15-50-11-13-51(14-12-50)22-34(55)48-31-19-25(18-29(41)35(31)42)47-30-8-10-33(54)49-36(30)56/h5-7,9,17-20,30,47H,4,8,10-16,22H2,1-3H3,(H,48,55)(H,49,54,56). The first-order valence-electron chi connectivity index (χ1n) is 18.8. The molecule has 0 radical (unpaired) electrons. The number of imide groups is 1. The quantitative estimate of drug-likeness (QED) is 0.126. The van der Waals surface area contributed by atoms with Gasteiger partial charge < -0.3 is 20.3 Å². The zero-order valence-electron chi connectivity index (χ0n) is 32.3. The summed E-state index contributed by atoms with van der Waals surface area (Å²) in [6.07, 6.45) is -3.98. The summed E-state index contributed by atoms with van der Waals surface area (Å²) >= 11 is 5.68. The van der Waals surface area contributed by atoms with Gasteiger partial charge in [-0.2, -0.15) is 18.4 Å². The van der Waals surface area contributed by atoms with Gasteiger partial charge in [-0.1, -0.05) is 6.92 Å². The van der Waals surface area contributed by atoms with Crippen molar-refractivity contribution in [2.45, 2.75) is 57.8 Å². The Kier molecular flexibility index (Phi) is 12.5. The summed E-state index contributed by atoms with van der Waals surface area (Å²) in [4.78, 5) is 56.7. The Balaban J connectivity index is 1.01. The summed E-state index contributed by atoms with van der Waals surface area (Å²) in [5.41, 5.74) is -2.03. The third-order valence-electron chi connectivity index (χ3n) is 10.4. The lowest BCUT2D eigenvalue weighted by Crippen LogP contribution is -2.49. The number of nitrogens with one attached hydrogen (secondary N) is 3. The van der Waals surface area contributed by atoms with Gasteiger partial charge in [0.25, 0.3) is 5.91 Å². The molecule has 1 unspecified atom stereocenters. The molecule has 6 rings (SSSR count). The molecule has 0 spiro atoms. The van der Waals surface area contributed by atoms with Gasteiger partial charge in [0, 0.05) is 56.6 Å². The molecule has 3 fully saturated rings. The first-order valence-corrected chi connectivity index (χ1v) is 19.2. The zero-order chi connectivity index (χ0) is 42.8. The second kappa shape index (κ2) is 17.3. The predicted octanol–water partition coefficient (Wildman–Crippen LogP) is 5.19. The number of hydrogen-bond acceptors (Lipinski definition) is 10. The number of nitrogens with zero attached hydrogens (tertiary/aromatic N) is 5. The lowest BCUT2D eigenvalue weighted by atomic mass is 10.0. The van der Waals surface area contributed by atoms with E-state index in [1.54, 1.807) is 36.9 Å². The van der Waals surface area contributed by atoms with Gasteiger partial charge in [-0.25, -0.2) is 8.78 Å². The Morgan fingerprint density at radius 1 is 1.02 bits per heavy atom. The first kappa shape index (κ1) is 42.9. The van der Waals surface area contributed by atoms with E-state index in [0.29, 0.717) is 57.2 Å². The molecule has 3 N–H and O–H groups in total. The van der Waals surface area contributed by atoms with Gasteiger partial charge in [0.2, 0.25) is 17.7 Å². The number of benzene rings is 3. The van der Waals surface area contributed by atoms with E-state index in [-0.39, 0.29) is 41.6 Å². The van der Waals surface area contributed by atoms with Crippen LogP contribution in [0.5, 0.6) is 5.75 Å². The van der Waals surface area contributed by atoms with Crippen LogP contribution in [0.25, 0.3) is 0 Å². The van der Waals surface area contributed by atoms with Crippen LogP contribution < -0.4 is 30.5 Å². The fourth-order valence-corrected chi connectivity index (χ4v) is 7.75. The fraction of sp³-hybridized carbons (Fsp3) is 0.400. The third kappa shape index (κ3) is 9.29. The zero-order valence-corrected chi connectivity index (χ0v) is 33.2. The van der Waals surface area contributed by atoms with Crippen LogP contribution in [-0.4, -0.2) is 96.0 Å². The molecule has 4 amide bonds. The van der Waals surface area contributed by atoms with E-state index in [2.05, 4.69) is 20.9 Å². The molecule has 3 aromatic carbocycles.